The third-order valence-corrected chi connectivity index (χ3v) is 5.55. The lowest BCUT2D eigenvalue weighted by molar-refractivity contribution is 0.122. The van der Waals surface area contributed by atoms with E-state index in [0.717, 1.165) is 60.3 Å². The van der Waals surface area contributed by atoms with Crippen LogP contribution in [0.25, 0.3) is 11.3 Å². The van der Waals surface area contributed by atoms with Gasteiger partial charge in [-0.3, -0.25) is 0 Å². The molecule has 30 heavy (non-hydrogen) atoms. The van der Waals surface area contributed by atoms with Crippen LogP contribution in [0, 0.1) is 0 Å². The van der Waals surface area contributed by atoms with Crippen LogP contribution >= 0.6 is 23.8 Å². The quantitative estimate of drug-likeness (QED) is 0.593. The van der Waals surface area contributed by atoms with E-state index >= 15 is 0 Å². The number of anilines is 4. The Morgan fingerprint density at radius 2 is 1.97 bits per heavy atom. The fourth-order valence-electron chi connectivity index (χ4n) is 3.59. The van der Waals surface area contributed by atoms with E-state index in [1.165, 1.54) is 0 Å². The third kappa shape index (κ3) is 3.94. The van der Waals surface area contributed by atoms with Crippen LogP contribution in [0.15, 0.2) is 42.7 Å². The lowest BCUT2D eigenvalue weighted by Crippen LogP contribution is -2.36. The number of nitrogens with zero attached hydrogens (tertiary/aromatic N) is 4. The van der Waals surface area contributed by atoms with E-state index in [9.17, 15) is 0 Å². The molecular formula is C21H19ClN6OS. The van der Waals surface area contributed by atoms with Gasteiger partial charge in [-0.05, 0) is 30.3 Å². The van der Waals surface area contributed by atoms with Crippen LogP contribution in [0.3, 0.4) is 0 Å². The summed E-state index contributed by atoms with van der Waals surface area (Å²) in [5, 5.41) is 7.15. The van der Waals surface area contributed by atoms with Crippen molar-refractivity contribution in [2.45, 2.75) is 6.42 Å². The number of ether oxygens (including phenoxy) is 1. The highest BCUT2D eigenvalue weighted by molar-refractivity contribution is 7.80. The molecule has 0 unspecified atom stereocenters. The number of thiocarbonyl (C=S) groups is 1. The first-order valence-corrected chi connectivity index (χ1v) is 10.5. The summed E-state index contributed by atoms with van der Waals surface area (Å²) in [6.45, 7) is 3.17. The topological polar surface area (TPSA) is 75.2 Å². The van der Waals surface area contributed by atoms with E-state index in [-0.39, 0.29) is 0 Å². The van der Waals surface area contributed by atoms with Crippen molar-refractivity contribution >= 4 is 51.9 Å². The van der Waals surface area contributed by atoms with Crippen LogP contribution < -0.4 is 15.5 Å². The molecule has 1 fully saturated rings. The van der Waals surface area contributed by atoms with E-state index in [1.807, 2.05) is 36.5 Å². The smallest absolute Gasteiger partial charge is 0.227 e. The van der Waals surface area contributed by atoms with Gasteiger partial charge in [0.1, 0.15) is 5.82 Å². The van der Waals surface area contributed by atoms with Crippen molar-refractivity contribution in [3.05, 3.63) is 53.3 Å². The number of rotatable bonds is 3. The van der Waals surface area contributed by atoms with Gasteiger partial charge in [0, 0.05) is 47.5 Å². The minimum absolute atomic E-state index is 0.503. The minimum Gasteiger partial charge on any atom is -0.378 e. The zero-order valence-corrected chi connectivity index (χ0v) is 17.6. The Bertz CT molecular complexity index is 1100. The largest absolute Gasteiger partial charge is 0.378 e. The molecular weight excluding hydrogens is 420 g/mol. The highest BCUT2D eigenvalue weighted by Crippen LogP contribution is 2.35. The third-order valence-electron chi connectivity index (χ3n) is 5.07. The van der Waals surface area contributed by atoms with Gasteiger partial charge in [-0.25, -0.2) is 15.0 Å². The number of morpholine rings is 1. The lowest BCUT2D eigenvalue weighted by Gasteiger charge is -2.27. The van der Waals surface area contributed by atoms with Crippen molar-refractivity contribution < 1.29 is 4.74 Å². The zero-order valence-electron chi connectivity index (χ0n) is 16.1. The monoisotopic (exact) mass is 438 g/mol. The number of hydrogen-bond donors (Lipinski definition) is 2. The first-order valence-electron chi connectivity index (χ1n) is 9.67. The lowest BCUT2D eigenvalue weighted by atomic mass is 10.1. The average Bonchev–Trinajstić information content (AvgIpc) is 2.89. The molecule has 0 amide bonds. The Morgan fingerprint density at radius 3 is 2.77 bits per heavy atom. The average molecular weight is 439 g/mol. The fraction of sp³-hybridized carbons (Fsp3) is 0.238. The first-order chi connectivity index (χ1) is 14.7. The van der Waals surface area contributed by atoms with Crippen LogP contribution in [-0.4, -0.2) is 46.2 Å². The van der Waals surface area contributed by atoms with E-state index in [0.29, 0.717) is 22.4 Å². The Labute approximate surface area is 184 Å². The predicted molar refractivity (Wildman–Crippen MR) is 123 cm³/mol. The summed E-state index contributed by atoms with van der Waals surface area (Å²) in [4.78, 5) is 16.7. The maximum atomic E-state index is 6.17. The molecule has 7 nitrogen and oxygen atoms in total. The second-order valence-corrected chi connectivity index (χ2v) is 8.04. The summed E-state index contributed by atoms with van der Waals surface area (Å²) < 4.78 is 5.40. The second kappa shape index (κ2) is 8.14. The second-order valence-electron chi connectivity index (χ2n) is 7.11. The highest BCUT2D eigenvalue weighted by Gasteiger charge is 2.20. The molecule has 9 heteroatoms. The Hall–Kier alpha value is -2.81. The van der Waals surface area contributed by atoms with Gasteiger partial charge >= 0.3 is 0 Å². The van der Waals surface area contributed by atoms with E-state index in [1.54, 1.807) is 6.20 Å². The predicted octanol–water partition coefficient (Wildman–Crippen LogP) is 4.07. The molecule has 0 bridgehead atoms. The molecule has 152 valence electrons. The van der Waals surface area contributed by atoms with Crippen molar-refractivity contribution in [3.8, 4) is 11.3 Å². The summed E-state index contributed by atoms with van der Waals surface area (Å²) in [5.41, 5.74) is 4.43. The number of halogens is 1. The summed E-state index contributed by atoms with van der Waals surface area (Å²) in [7, 11) is 0. The number of benzene rings is 1. The van der Waals surface area contributed by atoms with Gasteiger partial charge in [0.2, 0.25) is 5.95 Å². The number of aromatic nitrogens is 3. The SMILES string of the molecule is S=C1Cc2cnc(Nc3ccc(N4CCOCC4)nc3)nc2-c2ccc(Cl)cc2N1. The molecule has 2 aliphatic rings. The van der Waals surface area contributed by atoms with Gasteiger partial charge < -0.3 is 20.3 Å². The van der Waals surface area contributed by atoms with Gasteiger partial charge in [-0.2, -0.15) is 0 Å². The van der Waals surface area contributed by atoms with Crippen LogP contribution in [0.5, 0.6) is 0 Å². The van der Waals surface area contributed by atoms with Gasteiger partial charge in [0.05, 0.1) is 35.8 Å². The molecule has 2 aliphatic heterocycles. The fourth-order valence-corrected chi connectivity index (χ4v) is 4.03. The van der Waals surface area contributed by atoms with E-state index in [4.69, 9.17) is 33.5 Å². The molecule has 2 aromatic heterocycles. The van der Waals surface area contributed by atoms with Crippen molar-refractivity contribution in [2.75, 3.05) is 41.8 Å². The van der Waals surface area contributed by atoms with Gasteiger partial charge in [0.25, 0.3) is 0 Å². The van der Waals surface area contributed by atoms with Crippen molar-refractivity contribution in [1.82, 2.24) is 15.0 Å². The standard InChI is InChI=1S/C21H19ClN6OS/c22-14-1-3-16-17(10-14)26-19(30)9-13-11-24-21(27-20(13)16)25-15-2-4-18(23-12-15)28-5-7-29-8-6-28/h1-4,10-12H,5-9H2,(H,26,30)(H,24,25,27). The van der Waals surface area contributed by atoms with E-state index < -0.39 is 0 Å². The van der Waals surface area contributed by atoms with Crippen LogP contribution in [0.4, 0.5) is 23.1 Å². The van der Waals surface area contributed by atoms with Crippen molar-refractivity contribution in [3.63, 3.8) is 0 Å². The van der Waals surface area contributed by atoms with Gasteiger partial charge in [-0.1, -0.05) is 23.8 Å². The normalized spacial score (nSPS) is 15.6. The van der Waals surface area contributed by atoms with Crippen LogP contribution in [0.1, 0.15) is 5.56 Å². The molecule has 1 aromatic carbocycles. The number of hydrogen-bond acceptors (Lipinski definition) is 7. The minimum atomic E-state index is 0.503. The molecule has 1 saturated heterocycles. The summed E-state index contributed by atoms with van der Waals surface area (Å²) >= 11 is 11.6. The highest BCUT2D eigenvalue weighted by atomic mass is 35.5. The molecule has 0 atom stereocenters. The molecule has 0 saturated carbocycles. The summed E-state index contributed by atoms with van der Waals surface area (Å²) in [6, 6.07) is 9.65. The maximum absolute atomic E-state index is 6.17. The molecule has 2 N–H and O–H groups in total. The van der Waals surface area contributed by atoms with Crippen LogP contribution in [-0.2, 0) is 11.2 Å². The van der Waals surface area contributed by atoms with E-state index in [2.05, 4.69) is 25.5 Å². The molecule has 4 heterocycles. The Balaban J connectivity index is 1.42. The Kier molecular flexibility index (Phi) is 5.20. The molecule has 0 radical (unpaired) electrons. The van der Waals surface area contributed by atoms with Crippen molar-refractivity contribution in [1.29, 1.82) is 0 Å². The van der Waals surface area contributed by atoms with Crippen LogP contribution in [0.2, 0.25) is 5.02 Å². The van der Waals surface area contributed by atoms with Crippen molar-refractivity contribution in [2.24, 2.45) is 0 Å². The summed E-state index contributed by atoms with van der Waals surface area (Å²) in [5.74, 6) is 1.44. The Morgan fingerprint density at radius 1 is 1.10 bits per heavy atom. The number of fused-ring (bicyclic) bond motifs is 3. The van der Waals surface area contributed by atoms with Gasteiger partial charge in [0.15, 0.2) is 0 Å². The van der Waals surface area contributed by atoms with Gasteiger partial charge in [-0.15, -0.1) is 0 Å². The number of nitrogens with one attached hydrogen (secondary N) is 2. The maximum Gasteiger partial charge on any atom is 0.227 e. The first kappa shape index (κ1) is 19.2. The molecule has 5 rings (SSSR count). The molecule has 0 spiro atoms. The molecule has 0 aliphatic carbocycles. The molecule has 3 aromatic rings. The summed E-state index contributed by atoms with van der Waals surface area (Å²) in [6.07, 6.45) is 4.19. The zero-order chi connectivity index (χ0) is 20.5. The number of pyridine rings is 1.